The van der Waals surface area contributed by atoms with Crippen LogP contribution in [-0.4, -0.2) is 18.4 Å². The van der Waals surface area contributed by atoms with Crippen molar-refractivity contribution in [2.24, 2.45) is 5.92 Å². The SMILES string of the molecule is Cc1cccc(C(=O)Nc2ccc(C3(C(=O)NCCC(C)C)CCCCC3)cc2)c1. The Morgan fingerprint density at radius 3 is 2.33 bits per heavy atom. The summed E-state index contributed by atoms with van der Waals surface area (Å²) >= 11 is 0. The number of hydrogen-bond acceptors (Lipinski definition) is 2. The van der Waals surface area contributed by atoms with Crippen molar-refractivity contribution in [2.45, 2.75) is 64.7 Å². The monoisotopic (exact) mass is 406 g/mol. The Kier molecular flexibility index (Phi) is 7.30. The summed E-state index contributed by atoms with van der Waals surface area (Å²) in [6.07, 6.45) is 6.09. The van der Waals surface area contributed by atoms with Gasteiger partial charge in [-0.2, -0.15) is 0 Å². The third-order valence-electron chi connectivity index (χ3n) is 6.12. The Bertz CT molecular complexity index is 865. The highest BCUT2D eigenvalue weighted by atomic mass is 16.2. The molecule has 160 valence electrons. The quantitative estimate of drug-likeness (QED) is 0.628. The lowest BCUT2D eigenvalue weighted by Crippen LogP contribution is -2.46. The Labute approximate surface area is 180 Å². The molecule has 3 rings (SSSR count). The van der Waals surface area contributed by atoms with Gasteiger partial charge in [0.2, 0.25) is 5.91 Å². The zero-order valence-electron chi connectivity index (χ0n) is 18.5. The molecule has 0 radical (unpaired) electrons. The number of benzene rings is 2. The zero-order valence-corrected chi connectivity index (χ0v) is 18.5. The summed E-state index contributed by atoms with van der Waals surface area (Å²) in [6.45, 7) is 7.04. The molecule has 4 heteroatoms. The minimum absolute atomic E-state index is 0.120. The number of hydrogen-bond donors (Lipinski definition) is 2. The molecule has 0 bridgehead atoms. The maximum absolute atomic E-state index is 13.2. The van der Waals surface area contributed by atoms with Gasteiger partial charge < -0.3 is 10.6 Å². The van der Waals surface area contributed by atoms with E-state index in [2.05, 4.69) is 24.5 Å². The minimum Gasteiger partial charge on any atom is -0.355 e. The van der Waals surface area contributed by atoms with Gasteiger partial charge in [-0.05, 0) is 61.9 Å². The highest BCUT2D eigenvalue weighted by Gasteiger charge is 2.40. The van der Waals surface area contributed by atoms with Crippen LogP contribution in [-0.2, 0) is 10.2 Å². The van der Waals surface area contributed by atoms with Gasteiger partial charge in [-0.15, -0.1) is 0 Å². The van der Waals surface area contributed by atoms with E-state index >= 15 is 0 Å². The molecule has 0 aliphatic heterocycles. The van der Waals surface area contributed by atoms with Gasteiger partial charge in [0.1, 0.15) is 0 Å². The van der Waals surface area contributed by atoms with E-state index < -0.39 is 5.41 Å². The second kappa shape index (κ2) is 9.92. The fourth-order valence-corrected chi connectivity index (χ4v) is 4.31. The summed E-state index contributed by atoms with van der Waals surface area (Å²) in [7, 11) is 0. The van der Waals surface area contributed by atoms with Crippen molar-refractivity contribution < 1.29 is 9.59 Å². The lowest BCUT2D eigenvalue weighted by Gasteiger charge is -2.36. The first-order chi connectivity index (χ1) is 14.4. The molecule has 0 unspecified atom stereocenters. The van der Waals surface area contributed by atoms with E-state index in [9.17, 15) is 9.59 Å². The number of rotatable bonds is 7. The molecule has 4 nitrogen and oxygen atoms in total. The van der Waals surface area contributed by atoms with Crippen molar-refractivity contribution in [2.75, 3.05) is 11.9 Å². The number of nitrogens with one attached hydrogen (secondary N) is 2. The smallest absolute Gasteiger partial charge is 0.255 e. The molecule has 1 aliphatic rings. The zero-order chi connectivity index (χ0) is 21.6. The molecule has 2 amide bonds. The molecular weight excluding hydrogens is 372 g/mol. The van der Waals surface area contributed by atoms with Gasteiger partial charge >= 0.3 is 0 Å². The second-order valence-electron chi connectivity index (χ2n) is 8.98. The highest BCUT2D eigenvalue weighted by Crippen LogP contribution is 2.40. The summed E-state index contributed by atoms with van der Waals surface area (Å²) in [5.74, 6) is 0.605. The standard InChI is InChI=1S/C26H34N2O2/c1-19(2)14-17-27-25(30)26(15-5-4-6-16-26)22-10-12-23(13-11-22)28-24(29)21-9-7-8-20(3)18-21/h7-13,18-19H,4-6,14-17H2,1-3H3,(H,27,30)(H,28,29). The fourth-order valence-electron chi connectivity index (χ4n) is 4.31. The number of carbonyl (C=O) groups excluding carboxylic acids is 2. The van der Waals surface area contributed by atoms with Gasteiger partial charge in [-0.25, -0.2) is 0 Å². The molecular formula is C26H34N2O2. The Morgan fingerprint density at radius 1 is 1.00 bits per heavy atom. The third kappa shape index (κ3) is 5.29. The van der Waals surface area contributed by atoms with Crippen molar-refractivity contribution in [3.63, 3.8) is 0 Å². The van der Waals surface area contributed by atoms with Crippen LogP contribution >= 0.6 is 0 Å². The first-order valence-electron chi connectivity index (χ1n) is 11.2. The number of carbonyl (C=O) groups is 2. The van der Waals surface area contributed by atoms with Gasteiger partial charge in [-0.1, -0.05) is 62.9 Å². The molecule has 0 atom stereocenters. The predicted molar refractivity (Wildman–Crippen MR) is 123 cm³/mol. The van der Waals surface area contributed by atoms with Gasteiger partial charge in [0.15, 0.2) is 0 Å². The van der Waals surface area contributed by atoms with Crippen molar-refractivity contribution in [3.8, 4) is 0 Å². The molecule has 0 heterocycles. The largest absolute Gasteiger partial charge is 0.355 e. The van der Waals surface area contributed by atoms with Crippen LogP contribution in [0.5, 0.6) is 0 Å². The molecule has 1 aliphatic carbocycles. The van der Waals surface area contributed by atoms with Crippen LogP contribution in [0.4, 0.5) is 5.69 Å². The summed E-state index contributed by atoms with van der Waals surface area (Å²) in [6, 6.07) is 15.4. The second-order valence-corrected chi connectivity index (χ2v) is 8.98. The molecule has 1 saturated carbocycles. The van der Waals surface area contributed by atoms with Gasteiger partial charge in [0.25, 0.3) is 5.91 Å². The summed E-state index contributed by atoms with van der Waals surface area (Å²) in [4.78, 5) is 25.7. The molecule has 2 aromatic carbocycles. The van der Waals surface area contributed by atoms with E-state index in [-0.39, 0.29) is 11.8 Å². The Morgan fingerprint density at radius 2 is 1.70 bits per heavy atom. The van der Waals surface area contributed by atoms with Crippen LogP contribution in [0.3, 0.4) is 0 Å². The van der Waals surface area contributed by atoms with Gasteiger partial charge in [-0.3, -0.25) is 9.59 Å². The van der Waals surface area contributed by atoms with E-state index in [1.54, 1.807) is 0 Å². The first-order valence-corrected chi connectivity index (χ1v) is 11.2. The maximum atomic E-state index is 13.2. The fraction of sp³-hybridized carbons (Fsp3) is 0.462. The third-order valence-corrected chi connectivity index (χ3v) is 6.12. The molecule has 0 saturated heterocycles. The van der Waals surface area contributed by atoms with Crippen LogP contribution in [0, 0.1) is 12.8 Å². The lowest BCUT2D eigenvalue weighted by molar-refractivity contribution is -0.128. The minimum atomic E-state index is -0.450. The van der Waals surface area contributed by atoms with E-state index in [4.69, 9.17) is 0 Å². The van der Waals surface area contributed by atoms with Gasteiger partial charge in [0.05, 0.1) is 5.41 Å². The van der Waals surface area contributed by atoms with Crippen LogP contribution in [0.25, 0.3) is 0 Å². The van der Waals surface area contributed by atoms with Crippen molar-refractivity contribution in [3.05, 3.63) is 65.2 Å². The van der Waals surface area contributed by atoms with Crippen molar-refractivity contribution in [1.82, 2.24) is 5.32 Å². The molecule has 2 aromatic rings. The van der Waals surface area contributed by atoms with Crippen LogP contribution < -0.4 is 10.6 Å². The lowest BCUT2D eigenvalue weighted by atomic mass is 9.68. The maximum Gasteiger partial charge on any atom is 0.255 e. The molecule has 0 aromatic heterocycles. The van der Waals surface area contributed by atoms with Crippen molar-refractivity contribution >= 4 is 17.5 Å². The molecule has 1 fully saturated rings. The van der Waals surface area contributed by atoms with E-state index in [0.29, 0.717) is 11.5 Å². The first kappa shape index (κ1) is 22.1. The topological polar surface area (TPSA) is 58.2 Å². The summed E-state index contributed by atoms with van der Waals surface area (Å²) in [5, 5.41) is 6.15. The molecule has 0 spiro atoms. The van der Waals surface area contributed by atoms with E-state index in [0.717, 1.165) is 55.5 Å². The molecule has 30 heavy (non-hydrogen) atoms. The Hall–Kier alpha value is -2.62. The number of amides is 2. The predicted octanol–water partition coefficient (Wildman–Crippen LogP) is 5.61. The average molecular weight is 407 g/mol. The summed E-state index contributed by atoms with van der Waals surface area (Å²) in [5.41, 5.74) is 3.05. The van der Waals surface area contributed by atoms with Crippen LogP contribution in [0.15, 0.2) is 48.5 Å². The van der Waals surface area contributed by atoms with Crippen LogP contribution in [0.1, 0.15) is 73.9 Å². The van der Waals surface area contributed by atoms with Crippen LogP contribution in [0.2, 0.25) is 0 Å². The van der Waals surface area contributed by atoms with Crippen molar-refractivity contribution in [1.29, 1.82) is 0 Å². The van der Waals surface area contributed by atoms with E-state index in [1.165, 1.54) is 6.42 Å². The summed E-state index contributed by atoms with van der Waals surface area (Å²) < 4.78 is 0. The molecule has 2 N–H and O–H groups in total. The normalized spacial score (nSPS) is 15.6. The highest BCUT2D eigenvalue weighted by molar-refractivity contribution is 6.04. The average Bonchev–Trinajstić information content (AvgIpc) is 2.74. The number of anilines is 1. The Balaban J connectivity index is 1.74. The number of aryl methyl sites for hydroxylation is 1. The van der Waals surface area contributed by atoms with Gasteiger partial charge in [0, 0.05) is 17.8 Å². The van der Waals surface area contributed by atoms with E-state index in [1.807, 2.05) is 55.5 Å².